The van der Waals surface area contributed by atoms with Gasteiger partial charge in [-0.3, -0.25) is 4.79 Å². The van der Waals surface area contributed by atoms with Gasteiger partial charge in [0.25, 0.3) is 5.91 Å². The van der Waals surface area contributed by atoms with Gasteiger partial charge in [-0.05, 0) is 49.9 Å². The Kier molecular flexibility index (Phi) is 8.57. The number of carboxylic acid groups (broad SMARTS) is 1. The van der Waals surface area contributed by atoms with Crippen molar-refractivity contribution in [1.82, 2.24) is 5.32 Å². The van der Waals surface area contributed by atoms with Crippen LogP contribution in [0, 0.1) is 5.92 Å². The lowest BCUT2D eigenvalue weighted by atomic mass is 9.86. The van der Waals surface area contributed by atoms with Crippen molar-refractivity contribution in [2.75, 3.05) is 18.5 Å². The van der Waals surface area contributed by atoms with Gasteiger partial charge in [-0.25, -0.2) is 4.79 Å². The Bertz CT molecular complexity index is 628. The molecule has 0 radical (unpaired) electrons. The second-order valence-corrected chi connectivity index (χ2v) is 7.75. The van der Waals surface area contributed by atoms with E-state index >= 15 is 0 Å². The third-order valence-electron chi connectivity index (χ3n) is 5.31. The number of ether oxygens (including phenoxy) is 1. The Hall–Kier alpha value is -2.28. The Morgan fingerprint density at radius 2 is 1.82 bits per heavy atom. The van der Waals surface area contributed by atoms with Gasteiger partial charge in [-0.2, -0.15) is 0 Å². The molecule has 7 nitrogen and oxygen atoms in total. The van der Waals surface area contributed by atoms with E-state index in [1.165, 1.54) is 51.9 Å². The van der Waals surface area contributed by atoms with E-state index in [9.17, 15) is 14.7 Å². The Morgan fingerprint density at radius 1 is 1.14 bits per heavy atom. The van der Waals surface area contributed by atoms with Gasteiger partial charge in [0.1, 0.15) is 11.3 Å². The first-order valence-corrected chi connectivity index (χ1v) is 10.1. The third kappa shape index (κ3) is 7.03. The van der Waals surface area contributed by atoms with Gasteiger partial charge in [-0.1, -0.05) is 38.5 Å². The molecule has 1 saturated carbocycles. The van der Waals surface area contributed by atoms with Crippen molar-refractivity contribution in [3.8, 4) is 5.75 Å². The van der Waals surface area contributed by atoms with Crippen LogP contribution in [0.2, 0.25) is 0 Å². The Morgan fingerprint density at radius 3 is 2.43 bits per heavy atom. The molecule has 0 saturated heterocycles. The van der Waals surface area contributed by atoms with Gasteiger partial charge >= 0.3 is 6.09 Å². The highest BCUT2D eigenvalue weighted by Crippen LogP contribution is 2.27. The quantitative estimate of drug-likeness (QED) is 0.453. The van der Waals surface area contributed by atoms with E-state index in [0.717, 1.165) is 18.1 Å². The van der Waals surface area contributed by atoms with E-state index in [2.05, 4.69) is 5.32 Å². The first-order chi connectivity index (χ1) is 13.4. The number of anilines is 1. The largest absolute Gasteiger partial charge is 0.494 e. The van der Waals surface area contributed by atoms with Gasteiger partial charge in [0.2, 0.25) is 0 Å². The second-order valence-electron chi connectivity index (χ2n) is 7.75. The maximum absolute atomic E-state index is 12.2. The van der Waals surface area contributed by atoms with Gasteiger partial charge < -0.3 is 25.6 Å². The van der Waals surface area contributed by atoms with Crippen molar-refractivity contribution < 1.29 is 24.5 Å². The molecule has 4 N–H and O–H groups in total. The minimum Gasteiger partial charge on any atom is -0.494 e. The van der Waals surface area contributed by atoms with Crippen molar-refractivity contribution in [2.45, 2.75) is 63.8 Å². The number of carbonyl (C=O) groups is 2. The van der Waals surface area contributed by atoms with Crippen LogP contribution in [-0.4, -0.2) is 41.0 Å². The molecular weight excluding hydrogens is 360 g/mol. The van der Waals surface area contributed by atoms with E-state index < -0.39 is 24.1 Å². The fourth-order valence-electron chi connectivity index (χ4n) is 3.51. The minimum absolute atomic E-state index is 0.501. The highest BCUT2D eigenvalue weighted by molar-refractivity contribution is 5.99. The molecule has 2 amide bonds. The molecular formula is C21H32N2O5. The number of amides is 2. The first kappa shape index (κ1) is 22.0. The Labute approximate surface area is 166 Å². The minimum atomic E-state index is -1.61. The number of carbonyl (C=O) groups excluding carboxylic acids is 1. The molecule has 0 bridgehead atoms. The summed E-state index contributed by atoms with van der Waals surface area (Å²) in [4.78, 5) is 23.0. The molecule has 28 heavy (non-hydrogen) atoms. The number of hydrogen-bond acceptors (Lipinski definition) is 4. The fourth-order valence-corrected chi connectivity index (χ4v) is 3.51. The van der Waals surface area contributed by atoms with Crippen molar-refractivity contribution in [1.29, 1.82) is 0 Å². The van der Waals surface area contributed by atoms with E-state index in [-0.39, 0.29) is 0 Å². The van der Waals surface area contributed by atoms with Gasteiger partial charge in [0.05, 0.1) is 13.2 Å². The summed E-state index contributed by atoms with van der Waals surface area (Å²) >= 11 is 0. The van der Waals surface area contributed by atoms with Crippen molar-refractivity contribution in [3.63, 3.8) is 0 Å². The monoisotopic (exact) mass is 392 g/mol. The Balaban J connectivity index is 1.71. The second kappa shape index (κ2) is 10.9. The van der Waals surface area contributed by atoms with Crippen LogP contribution in [0.1, 0.15) is 58.3 Å². The molecule has 7 heteroatoms. The fraction of sp³-hybridized carbons (Fsp3) is 0.619. The topological polar surface area (TPSA) is 108 Å². The third-order valence-corrected chi connectivity index (χ3v) is 5.31. The molecule has 1 aromatic carbocycles. The molecule has 1 aromatic rings. The van der Waals surface area contributed by atoms with Crippen LogP contribution in [0.3, 0.4) is 0 Å². The molecule has 0 heterocycles. The van der Waals surface area contributed by atoms with Crippen molar-refractivity contribution in [2.24, 2.45) is 5.92 Å². The van der Waals surface area contributed by atoms with Crippen LogP contribution in [0.15, 0.2) is 24.3 Å². The van der Waals surface area contributed by atoms with E-state index in [1.807, 2.05) is 5.32 Å². The SMILES string of the molecule is C[C@@](CO)(NC(=O)O)C(=O)Nc1ccc(OCCCCC2CCCCC2)cc1. The van der Waals surface area contributed by atoms with Crippen LogP contribution >= 0.6 is 0 Å². The maximum Gasteiger partial charge on any atom is 0.405 e. The lowest BCUT2D eigenvalue weighted by Gasteiger charge is -2.25. The van der Waals surface area contributed by atoms with Crippen LogP contribution < -0.4 is 15.4 Å². The summed E-state index contributed by atoms with van der Waals surface area (Å²) in [6.07, 6.45) is 9.06. The van der Waals surface area contributed by atoms with Crippen molar-refractivity contribution >= 4 is 17.7 Å². The smallest absolute Gasteiger partial charge is 0.405 e. The zero-order valence-electron chi connectivity index (χ0n) is 16.6. The van der Waals surface area contributed by atoms with Crippen molar-refractivity contribution in [3.05, 3.63) is 24.3 Å². The van der Waals surface area contributed by atoms with Crippen LogP contribution in [0.25, 0.3) is 0 Å². The highest BCUT2D eigenvalue weighted by Gasteiger charge is 2.34. The van der Waals surface area contributed by atoms with Crippen LogP contribution in [-0.2, 0) is 4.79 Å². The summed E-state index contributed by atoms with van der Waals surface area (Å²) in [5.41, 5.74) is -1.11. The number of rotatable bonds is 10. The molecule has 0 aliphatic heterocycles. The molecule has 1 atom stereocenters. The molecule has 0 unspecified atom stereocenters. The molecule has 0 aromatic heterocycles. The average molecular weight is 392 g/mol. The standard InChI is InChI=1S/C21H32N2O5/c1-21(15-24,23-20(26)27)19(25)22-17-10-12-18(13-11-17)28-14-6-5-9-16-7-3-2-4-8-16/h10-13,16,23-24H,2-9,14-15H2,1H3,(H,22,25)(H,26,27)/t21-/m0/s1. The number of aliphatic hydroxyl groups is 1. The molecule has 2 rings (SSSR count). The average Bonchev–Trinajstić information content (AvgIpc) is 2.69. The van der Waals surface area contributed by atoms with E-state index in [1.54, 1.807) is 24.3 Å². The number of aliphatic hydroxyl groups excluding tert-OH is 1. The van der Waals surface area contributed by atoms with Crippen LogP contribution in [0.4, 0.5) is 10.5 Å². The van der Waals surface area contributed by atoms with Gasteiger partial charge in [-0.15, -0.1) is 0 Å². The maximum atomic E-state index is 12.2. The zero-order valence-corrected chi connectivity index (χ0v) is 16.6. The van der Waals surface area contributed by atoms with Gasteiger partial charge in [0.15, 0.2) is 0 Å². The summed E-state index contributed by atoms with van der Waals surface area (Å²) in [6.45, 7) is 1.35. The zero-order chi connectivity index (χ0) is 20.4. The molecule has 1 fully saturated rings. The summed E-state index contributed by atoms with van der Waals surface area (Å²) in [5, 5.41) is 22.8. The summed E-state index contributed by atoms with van der Waals surface area (Å²) in [6, 6.07) is 6.90. The highest BCUT2D eigenvalue weighted by atomic mass is 16.5. The normalized spacial score (nSPS) is 16.8. The lowest BCUT2D eigenvalue weighted by Crippen LogP contribution is -2.56. The first-order valence-electron chi connectivity index (χ1n) is 10.1. The predicted octanol–water partition coefficient (Wildman–Crippen LogP) is 3.77. The predicted molar refractivity (Wildman–Crippen MR) is 108 cm³/mol. The summed E-state index contributed by atoms with van der Waals surface area (Å²) in [7, 11) is 0. The summed E-state index contributed by atoms with van der Waals surface area (Å²) < 4.78 is 5.75. The lowest BCUT2D eigenvalue weighted by molar-refractivity contribution is -0.123. The van der Waals surface area contributed by atoms with Crippen LogP contribution in [0.5, 0.6) is 5.75 Å². The number of benzene rings is 1. The van der Waals surface area contributed by atoms with E-state index in [0.29, 0.717) is 12.3 Å². The van der Waals surface area contributed by atoms with E-state index in [4.69, 9.17) is 9.84 Å². The molecule has 156 valence electrons. The number of hydrogen-bond donors (Lipinski definition) is 4. The number of unbranched alkanes of at least 4 members (excludes halogenated alkanes) is 1. The number of nitrogens with one attached hydrogen (secondary N) is 2. The molecule has 0 spiro atoms. The summed E-state index contributed by atoms with van der Waals surface area (Å²) in [5.74, 6) is 0.995. The molecule has 1 aliphatic rings. The van der Waals surface area contributed by atoms with Gasteiger partial charge in [0, 0.05) is 5.69 Å². The molecule has 1 aliphatic carbocycles.